The molecule has 0 aromatic carbocycles. The van der Waals surface area contributed by atoms with Crippen LogP contribution in [0.3, 0.4) is 0 Å². The Morgan fingerprint density at radius 1 is 1.55 bits per heavy atom. The summed E-state index contributed by atoms with van der Waals surface area (Å²) in [5.74, 6) is -0.413. The number of nitrogens with two attached hydrogens (primary N) is 2. The van der Waals surface area contributed by atoms with E-state index in [9.17, 15) is 4.79 Å². The van der Waals surface area contributed by atoms with Crippen LogP contribution in [-0.2, 0) is 4.79 Å². The SMILES string of the molecule is NC(=O)C(N)C1CCCCN1. The lowest BCUT2D eigenvalue weighted by molar-refractivity contribution is -0.120. The van der Waals surface area contributed by atoms with Crippen LogP contribution >= 0.6 is 0 Å². The van der Waals surface area contributed by atoms with E-state index in [0.717, 1.165) is 19.4 Å². The maximum absolute atomic E-state index is 10.7. The highest BCUT2D eigenvalue weighted by Crippen LogP contribution is 2.08. The molecule has 1 aliphatic heterocycles. The van der Waals surface area contributed by atoms with Crippen molar-refractivity contribution in [1.29, 1.82) is 0 Å². The minimum Gasteiger partial charge on any atom is -0.368 e. The molecule has 4 heteroatoms. The molecule has 0 spiro atoms. The van der Waals surface area contributed by atoms with Gasteiger partial charge < -0.3 is 16.8 Å². The number of piperidine rings is 1. The van der Waals surface area contributed by atoms with Gasteiger partial charge in [-0.3, -0.25) is 4.79 Å². The molecular formula is C7H15N3O. The van der Waals surface area contributed by atoms with Gasteiger partial charge in [0, 0.05) is 6.04 Å². The Morgan fingerprint density at radius 3 is 2.73 bits per heavy atom. The summed E-state index contributed by atoms with van der Waals surface area (Å²) in [6.07, 6.45) is 3.27. The van der Waals surface area contributed by atoms with E-state index >= 15 is 0 Å². The number of nitrogens with one attached hydrogen (secondary N) is 1. The van der Waals surface area contributed by atoms with E-state index in [2.05, 4.69) is 5.32 Å². The molecule has 1 heterocycles. The number of carbonyl (C=O) groups is 1. The molecule has 2 atom stereocenters. The van der Waals surface area contributed by atoms with Gasteiger partial charge >= 0.3 is 0 Å². The molecule has 0 saturated carbocycles. The van der Waals surface area contributed by atoms with Crippen LogP contribution < -0.4 is 16.8 Å². The van der Waals surface area contributed by atoms with Gasteiger partial charge in [0.05, 0.1) is 6.04 Å². The van der Waals surface area contributed by atoms with Gasteiger partial charge in [-0.25, -0.2) is 0 Å². The second kappa shape index (κ2) is 3.69. The van der Waals surface area contributed by atoms with E-state index < -0.39 is 11.9 Å². The van der Waals surface area contributed by atoms with Gasteiger partial charge in [0.15, 0.2) is 0 Å². The molecule has 2 unspecified atom stereocenters. The van der Waals surface area contributed by atoms with Crippen LogP contribution in [0, 0.1) is 0 Å². The summed E-state index contributed by atoms with van der Waals surface area (Å²) in [5.41, 5.74) is 10.6. The van der Waals surface area contributed by atoms with Crippen LogP contribution in [0.2, 0.25) is 0 Å². The van der Waals surface area contributed by atoms with Crippen molar-refractivity contribution in [2.75, 3.05) is 6.54 Å². The van der Waals surface area contributed by atoms with Crippen molar-refractivity contribution in [3.05, 3.63) is 0 Å². The summed E-state index contributed by atoms with van der Waals surface area (Å²) in [6, 6.07) is -0.420. The summed E-state index contributed by atoms with van der Waals surface area (Å²) >= 11 is 0. The van der Waals surface area contributed by atoms with Crippen molar-refractivity contribution in [2.45, 2.75) is 31.3 Å². The normalized spacial score (nSPS) is 27.9. The smallest absolute Gasteiger partial charge is 0.235 e. The molecular weight excluding hydrogens is 142 g/mol. The topological polar surface area (TPSA) is 81.1 Å². The van der Waals surface area contributed by atoms with E-state index in [-0.39, 0.29) is 6.04 Å². The average molecular weight is 157 g/mol. The molecule has 0 bridgehead atoms. The van der Waals surface area contributed by atoms with Gasteiger partial charge in [-0.05, 0) is 19.4 Å². The standard InChI is InChI=1S/C7H15N3O/c8-6(7(9)11)5-3-1-2-4-10-5/h5-6,10H,1-4,8H2,(H2,9,11). The van der Waals surface area contributed by atoms with Crippen molar-refractivity contribution < 1.29 is 4.79 Å². The predicted octanol–water partition coefficient (Wildman–Crippen LogP) is -1.06. The Bertz CT molecular complexity index is 143. The van der Waals surface area contributed by atoms with Crippen molar-refractivity contribution in [3.63, 3.8) is 0 Å². The molecule has 0 aromatic rings. The quantitative estimate of drug-likeness (QED) is 0.478. The first-order valence-corrected chi connectivity index (χ1v) is 4.00. The van der Waals surface area contributed by atoms with Gasteiger partial charge in [0.2, 0.25) is 5.91 Å². The number of amides is 1. The van der Waals surface area contributed by atoms with Crippen molar-refractivity contribution >= 4 is 5.91 Å². The zero-order chi connectivity index (χ0) is 8.27. The Morgan fingerprint density at radius 2 is 2.27 bits per heavy atom. The summed E-state index contributed by atoms with van der Waals surface area (Å²) in [7, 11) is 0. The monoisotopic (exact) mass is 157 g/mol. The third-order valence-electron chi connectivity index (χ3n) is 2.11. The summed E-state index contributed by atoms with van der Waals surface area (Å²) in [4.78, 5) is 10.7. The first-order valence-electron chi connectivity index (χ1n) is 4.00. The maximum Gasteiger partial charge on any atom is 0.235 e. The predicted molar refractivity (Wildman–Crippen MR) is 42.8 cm³/mol. The fourth-order valence-electron chi connectivity index (χ4n) is 1.38. The largest absolute Gasteiger partial charge is 0.368 e. The van der Waals surface area contributed by atoms with E-state index in [1.54, 1.807) is 0 Å². The minimum atomic E-state index is -0.518. The zero-order valence-corrected chi connectivity index (χ0v) is 6.55. The van der Waals surface area contributed by atoms with E-state index in [4.69, 9.17) is 11.5 Å². The Balaban J connectivity index is 2.38. The fraction of sp³-hybridized carbons (Fsp3) is 0.857. The first kappa shape index (κ1) is 8.49. The van der Waals surface area contributed by atoms with Crippen molar-refractivity contribution in [1.82, 2.24) is 5.32 Å². The van der Waals surface area contributed by atoms with Crippen molar-refractivity contribution in [3.8, 4) is 0 Å². The molecule has 5 N–H and O–H groups in total. The lowest BCUT2D eigenvalue weighted by atomic mass is 9.98. The molecule has 4 nitrogen and oxygen atoms in total. The summed E-state index contributed by atoms with van der Waals surface area (Å²) < 4.78 is 0. The van der Waals surface area contributed by atoms with Crippen LogP contribution in [0.15, 0.2) is 0 Å². The summed E-state index contributed by atoms with van der Waals surface area (Å²) in [6.45, 7) is 0.950. The third kappa shape index (κ3) is 2.17. The van der Waals surface area contributed by atoms with Gasteiger partial charge in [-0.15, -0.1) is 0 Å². The third-order valence-corrected chi connectivity index (χ3v) is 2.11. The Hall–Kier alpha value is -0.610. The Kier molecular flexibility index (Phi) is 2.84. The van der Waals surface area contributed by atoms with Gasteiger partial charge in [-0.2, -0.15) is 0 Å². The van der Waals surface area contributed by atoms with Crippen molar-refractivity contribution in [2.24, 2.45) is 11.5 Å². The lowest BCUT2D eigenvalue weighted by Crippen LogP contribution is -2.53. The van der Waals surface area contributed by atoms with E-state index in [1.165, 1.54) is 6.42 Å². The van der Waals surface area contributed by atoms with Crippen LogP contribution in [0.25, 0.3) is 0 Å². The number of carbonyl (C=O) groups excluding carboxylic acids is 1. The highest BCUT2D eigenvalue weighted by atomic mass is 16.1. The highest BCUT2D eigenvalue weighted by molar-refractivity contribution is 5.80. The number of hydrogen-bond donors (Lipinski definition) is 3. The fourth-order valence-corrected chi connectivity index (χ4v) is 1.38. The highest BCUT2D eigenvalue weighted by Gasteiger charge is 2.23. The van der Waals surface area contributed by atoms with Crippen LogP contribution in [-0.4, -0.2) is 24.5 Å². The average Bonchev–Trinajstić information content (AvgIpc) is 2.05. The first-order chi connectivity index (χ1) is 5.22. The minimum absolute atomic E-state index is 0.0984. The molecule has 1 amide bonds. The van der Waals surface area contributed by atoms with E-state index in [1.807, 2.05) is 0 Å². The molecule has 1 aliphatic rings. The molecule has 0 radical (unpaired) electrons. The second-order valence-electron chi connectivity index (χ2n) is 2.98. The van der Waals surface area contributed by atoms with Gasteiger partial charge in [-0.1, -0.05) is 6.42 Å². The molecule has 0 aliphatic carbocycles. The molecule has 1 saturated heterocycles. The number of rotatable bonds is 2. The van der Waals surface area contributed by atoms with Gasteiger partial charge in [0.25, 0.3) is 0 Å². The number of primary amides is 1. The molecule has 1 fully saturated rings. The molecule has 64 valence electrons. The zero-order valence-electron chi connectivity index (χ0n) is 6.55. The molecule has 11 heavy (non-hydrogen) atoms. The van der Waals surface area contributed by atoms with Crippen LogP contribution in [0.5, 0.6) is 0 Å². The number of hydrogen-bond acceptors (Lipinski definition) is 3. The molecule has 1 rings (SSSR count). The van der Waals surface area contributed by atoms with Crippen LogP contribution in [0.4, 0.5) is 0 Å². The van der Waals surface area contributed by atoms with E-state index in [0.29, 0.717) is 0 Å². The molecule has 0 aromatic heterocycles. The Labute approximate surface area is 66.3 Å². The van der Waals surface area contributed by atoms with Gasteiger partial charge in [0.1, 0.15) is 0 Å². The summed E-state index contributed by atoms with van der Waals surface area (Å²) in [5, 5.41) is 3.17. The van der Waals surface area contributed by atoms with Crippen LogP contribution in [0.1, 0.15) is 19.3 Å². The second-order valence-corrected chi connectivity index (χ2v) is 2.98. The maximum atomic E-state index is 10.7. The lowest BCUT2D eigenvalue weighted by Gasteiger charge is -2.26.